The van der Waals surface area contributed by atoms with Crippen LogP contribution < -0.4 is 0 Å². The highest BCUT2D eigenvalue weighted by Gasteiger charge is 2.23. The van der Waals surface area contributed by atoms with Gasteiger partial charge in [0.2, 0.25) is 0 Å². The zero-order chi connectivity index (χ0) is 17.4. The van der Waals surface area contributed by atoms with E-state index in [0.717, 1.165) is 25.0 Å². The van der Waals surface area contributed by atoms with Crippen LogP contribution in [0.5, 0.6) is 0 Å². The highest BCUT2D eigenvalue weighted by molar-refractivity contribution is 4.74. The molecule has 2 aliphatic rings. The molecule has 0 spiro atoms. The maximum Gasteiger partial charge on any atom is 0.0674 e. The predicted octanol–water partition coefficient (Wildman–Crippen LogP) is 4.27. The second-order valence-electron chi connectivity index (χ2n) is 8.68. The minimum atomic E-state index is 0.371. The van der Waals surface area contributed by atoms with Crippen molar-refractivity contribution in [3.8, 4) is 0 Å². The van der Waals surface area contributed by atoms with E-state index in [0.29, 0.717) is 12.0 Å². The maximum absolute atomic E-state index is 6.21. The zero-order valence-electron chi connectivity index (χ0n) is 16.8. The monoisotopic (exact) mass is 338 g/mol. The number of piperidine rings is 2. The van der Waals surface area contributed by atoms with E-state index in [-0.39, 0.29) is 0 Å². The van der Waals surface area contributed by atoms with Gasteiger partial charge < -0.3 is 14.5 Å². The zero-order valence-corrected chi connectivity index (χ0v) is 16.8. The molecule has 2 saturated heterocycles. The van der Waals surface area contributed by atoms with Gasteiger partial charge in [0.05, 0.1) is 6.10 Å². The van der Waals surface area contributed by atoms with Gasteiger partial charge in [-0.15, -0.1) is 0 Å². The summed E-state index contributed by atoms with van der Waals surface area (Å²) in [5.74, 6) is 2.14. The highest BCUT2D eigenvalue weighted by Crippen LogP contribution is 2.23. The van der Waals surface area contributed by atoms with Crippen molar-refractivity contribution in [3.63, 3.8) is 0 Å². The third-order valence-corrected chi connectivity index (χ3v) is 6.40. The highest BCUT2D eigenvalue weighted by atomic mass is 16.5. The molecule has 0 N–H and O–H groups in total. The molecular weight excluding hydrogens is 296 g/mol. The van der Waals surface area contributed by atoms with Crippen molar-refractivity contribution in [1.82, 2.24) is 9.80 Å². The molecule has 2 heterocycles. The lowest BCUT2D eigenvalue weighted by atomic mass is 9.85. The van der Waals surface area contributed by atoms with Crippen molar-refractivity contribution < 1.29 is 4.74 Å². The normalized spacial score (nSPS) is 26.0. The van der Waals surface area contributed by atoms with Crippen LogP contribution in [0.1, 0.15) is 66.2 Å². The van der Waals surface area contributed by atoms with Crippen molar-refractivity contribution in [1.29, 1.82) is 0 Å². The average molecular weight is 339 g/mol. The van der Waals surface area contributed by atoms with Crippen LogP contribution in [0.15, 0.2) is 0 Å². The first-order valence-electron chi connectivity index (χ1n) is 10.6. The van der Waals surface area contributed by atoms with Gasteiger partial charge in [-0.1, -0.05) is 33.6 Å². The number of rotatable bonds is 9. The predicted molar refractivity (Wildman–Crippen MR) is 103 cm³/mol. The molecule has 0 amide bonds. The van der Waals surface area contributed by atoms with Gasteiger partial charge in [0.15, 0.2) is 0 Å². The molecule has 3 heteroatoms. The molecule has 142 valence electrons. The lowest BCUT2D eigenvalue weighted by molar-refractivity contribution is 0.00114. The van der Waals surface area contributed by atoms with Crippen molar-refractivity contribution in [2.45, 2.75) is 72.3 Å². The Morgan fingerprint density at radius 2 is 1.17 bits per heavy atom. The van der Waals surface area contributed by atoms with E-state index in [2.05, 4.69) is 37.5 Å². The van der Waals surface area contributed by atoms with Gasteiger partial charge in [-0.05, 0) is 76.5 Å². The Kier molecular flexibility index (Phi) is 9.07. The number of hydrogen-bond donors (Lipinski definition) is 0. The third kappa shape index (κ3) is 7.01. The van der Waals surface area contributed by atoms with Gasteiger partial charge in [-0.3, -0.25) is 0 Å². The van der Waals surface area contributed by atoms with Gasteiger partial charge in [-0.25, -0.2) is 0 Å². The smallest absolute Gasteiger partial charge is 0.0674 e. The first-order chi connectivity index (χ1) is 11.6. The molecule has 4 atom stereocenters. The Bertz CT molecular complexity index is 324. The van der Waals surface area contributed by atoms with Crippen LogP contribution in [-0.2, 0) is 4.74 Å². The molecule has 0 aromatic heterocycles. The molecule has 24 heavy (non-hydrogen) atoms. The van der Waals surface area contributed by atoms with Crippen LogP contribution in [0, 0.1) is 17.8 Å². The van der Waals surface area contributed by atoms with Crippen LogP contribution in [0.2, 0.25) is 0 Å². The number of nitrogens with zero attached hydrogens (tertiary/aromatic N) is 2. The van der Waals surface area contributed by atoms with Crippen molar-refractivity contribution in [2.75, 3.05) is 45.9 Å². The third-order valence-electron chi connectivity index (χ3n) is 6.40. The van der Waals surface area contributed by atoms with E-state index in [1.807, 2.05) is 0 Å². The molecule has 0 radical (unpaired) electrons. The Balaban J connectivity index is 1.63. The van der Waals surface area contributed by atoms with Gasteiger partial charge in [0, 0.05) is 19.7 Å². The lowest BCUT2D eigenvalue weighted by Crippen LogP contribution is -2.38. The van der Waals surface area contributed by atoms with E-state index in [1.54, 1.807) is 0 Å². The van der Waals surface area contributed by atoms with E-state index < -0.39 is 0 Å². The summed E-state index contributed by atoms with van der Waals surface area (Å²) >= 11 is 0. The molecular formula is C21H42N2O. The fourth-order valence-electron chi connectivity index (χ4n) is 4.30. The molecule has 0 bridgehead atoms. The van der Waals surface area contributed by atoms with E-state index >= 15 is 0 Å². The van der Waals surface area contributed by atoms with E-state index in [4.69, 9.17) is 4.74 Å². The minimum absolute atomic E-state index is 0.371. The quantitative estimate of drug-likeness (QED) is 0.624. The fraction of sp³-hybridized carbons (Fsp3) is 1.00. The first-order valence-corrected chi connectivity index (χ1v) is 10.6. The second kappa shape index (κ2) is 10.8. The van der Waals surface area contributed by atoms with Crippen LogP contribution in [0.25, 0.3) is 0 Å². The lowest BCUT2D eigenvalue weighted by Gasteiger charge is -2.34. The summed E-state index contributed by atoms with van der Waals surface area (Å²) in [5.41, 5.74) is 0. The van der Waals surface area contributed by atoms with Gasteiger partial charge in [0.1, 0.15) is 0 Å². The number of hydrogen-bond acceptors (Lipinski definition) is 3. The van der Waals surface area contributed by atoms with Crippen LogP contribution >= 0.6 is 0 Å². The number of likely N-dealkylation sites (tertiary alicyclic amines) is 2. The Morgan fingerprint density at radius 1 is 0.667 bits per heavy atom. The summed E-state index contributed by atoms with van der Waals surface area (Å²) in [4.78, 5) is 5.26. The Labute approximate surface area is 151 Å². The number of ether oxygens (including phenoxy) is 1. The summed E-state index contributed by atoms with van der Waals surface area (Å²) < 4.78 is 6.21. The largest absolute Gasteiger partial charge is 0.377 e. The molecule has 0 saturated carbocycles. The van der Waals surface area contributed by atoms with Crippen molar-refractivity contribution in [3.05, 3.63) is 0 Å². The van der Waals surface area contributed by atoms with E-state index in [9.17, 15) is 0 Å². The average Bonchev–Trinajstić information content (AvgIpc) is 2.60. The van der Waals surface area contributed by atoms with Crippen LogP contribution in [-0.4, -0.2) is 61.8 Å². The molecule has 3 nitrogen and oxygen atoms in total. The second-order valence-corrected chi connectivity index (χ2v) is 8.68. The van der Waals surface area contributed by atoms with Gasteiger partial charge in [0.25, 0.3) is 0 Å². The summed E-state index contributed by atoms with van der Waals surface area (Å²) in [6.07, 6.45) is 8.74. The summed E-state index contributed by atoms with van der Waals surface area (Å²) in [5, 5.41) is 0. The Morgan fingerprint density at radius 3 is 1.71 bits per heavy atom. The van der Waals surface area contributed by atoms with Crippen LogP contribution in [0.4, 0.5) is 0 Å². The van der Waals surface area contributed by atoms with Crippen molar-refractivity contribution >= 4 is 0 Å². The Hall–Kier alpha value is -0.120. The summed E-state index contributed by atoms with van der Waals surface area (Å²) in [7, 11) is 0. The molecule has 2 rings (SSSR count). The van der Waals surface area contributed by atoms with Crippen molar-refractivity contribution in [2.24, 2.45) is 17.8 Å². The standard InChI is InChI=1S/C21H42N2O/c1-18(15-22-11-7-5-8-12-22)21(4)19(2)17-24-20(3)16-23-13-9-6-10-14-23/h18-21H,5-17H2,1-4H3. The minimum Gasteiger partial charge on any atom is -0.377 e. The summed E-state index contributed by atoms with van der Waals surface area (Å²) in [6.45, 7) is 18.0. The first kappa shape index (κ1) is 20.2. The molecule has 0 aromatic rings. The molecule has 0 aromatic carbocycles. The SMILES string of the molecule is CC(CN1CCCCC1)OCC(C)C(C)C(C)CN1CCCCC1. The van der Waals surface area contributed by atoms with Crippen LogP contribution in [0.3, 0.4) is 0 Å². The van der Waals surface area contributed by atoms with E-state index in [1.165, 1.54) is 71.2 Å². The van der Waals surface area contributed by atoms with Gasteiger partial charge >= 0.3 is 0 Å². The van der Waals surface area contributed by atoms with Gasteiger partial charge in [-0.2, -0.15) is 0 Å². The molecule has 0 aliphatic carbocycles. The molecule has 2 fully saturated rings. The topological polar surface area (TPSA) is 15.7 Å². The summed E-state index contributed by atoms with van der Waals surface area (Å²) in [6, 6.07) is 0. The maximum atomic E-state index is 6.21. The molecule has 2 aliphatic heterocycles. The fourth-order valence-corrected chi connectivity index (χ4v) is 4.30. The molecule has 4 unspecified atom stereocenters.